The molecule has 0 radical (unpaired) electrons. The zero-order chi connectivity index (χ0) is 14.4. The Morgan fingerprint density at radius 3 is 2.63 bits per heavy atom. The van der Waals surface area contributed by atoms with Gasteiger partial charge in [0, 0.05) is 38.6 Å². The molecule has 1 amide bonds. The number of rotatable bonds is 5. The van der Waals surface area contributed by atoms with Gasteiger partial charge in [0.25, 0.3) is 0 Å². The molecule has 0 aliphatic rings. The van der Waals surface area contributed by atoms with Gasteiger partial charge in [-0.15, -0.1) is 0 Å². The van der Waals surface area contributed by atoms with Gasteiger partial charge in [-0.05, 0) is 18.6 Å². The lowest BCUT2D eigenvalue weighted by atomic mass is 10.1. The van der Waals surface area contributed by atoms with E-state index in [0.717, 1.165) is 5.56 Å². The molecule has 0 unspecified atom stereocenters. The first kappa shape index (κ1) is 14.7. The molecule has 0 aromatic carbocycles. The van der Waals surface area contributed by atoms with Crippen LogP contribution in [0.25, 0.3) is 0 Å². The van der Waals surface area contributed by atoms with Gasteiger partial charge in [0.05, 0.1) is 0 Å². The van der Waals surface area contributed by atoms with Crippen molar-refractivity contribution in [2.24, 2.45) is 0 Å². The van der Waals surface area contributed by atoms with E-state index in [1.807, 2.05) is 14.1 Å². The molecular weight excluding hydrogens is 246 g/mol. The lowest BCUT2D eigenvalue weighted by Gasteiger charge is -2.07. The summed E-state index contributed by atoms with van der Waals surface area (Å²) in [6, 6.07) is 3.29. The zero-order valence-electron chi connectivity index (χ0n) is 11.2. The molecule has 0 fully saturated rings. The van der Waals surface area contributed by atoms with Crippen LogP contribution in [0.3, 0.4) is 0 Å². The van der Waals surface area contributed by atoms with Crippen LogP contribution >= 0.6 is 0 Å². The van der Waals surface area contributed by atoms with Crippen molar-refractivity contribution in [1.29, 1.82) is 0 Å². The molecule has 0 saturated heterocycles. The average Bonchev–Trinajstić information content (AvgIpc) is 2.34. The quantitative estimate of drug-likeness (QED) is 0.620. The van der Waals surface area contributed by atoms with Gasteiger partial charge in [-0.3, -0.25) is 4.79 Å². The summed E-state index contributed by atoms with van der Waals surface area (Å²) in [7, 11) is 3.65. The summed E-state index contributed by atoms with van der Waals surface area (Å²) in [6.07, 6.45) is 2.00. The smallest absolute Gasteiger partial charge is 0.404 e. The monoisotopic (exact) mass is 263 g/mol. The van der Waals surface area contributed by atoms with Crippen LogP contribution in [0.4, 0.5) is 4.79 Å². The minimum absolute atomic E-state index is 0.177. The Morgan fingerprint density at radius 2 is 2.11 bits per heavy atom. The van der Waals surface area contributed by atoms with E-state index in [2.05, 4.69) is 10.3 Å². The molecule has 6 heteroatoms. The molecule has 0 bridgehead atoms. The maximum Gasteiger partial charge on any atom is 0.404 e. The van der Waals surface area contributed by atoms with Crippen molar-refractivity contribution in [3.8, 4) is 0 Å². The molecule has 0 aliphatic carbocycles. The number of allylic oxidation sites excluding steroid dienone is 1. The second kappa shape index (κ2) is 6.53. The fourth-order valence-electron chi connectivity index (χ4n) is 1.39. The molecule has 0 spiro atoms. The number of pyridine rings is 1. The standard InChI is InChI=1S/C13H17N3O3/c1-9-10(8-14-13(18)19)4-5-11(15-9)12(17)6-7-16(2)3/h4-7,14H,8H2,1-3H3,(H,18,19). The van der Waals surface area contributed by atoms with E-state index in [0.29, 0.717) is 11.4 Å². The summed E-state index contributed by atoms with van der Waals surface area (Å²) in [4.78, 5) is 28.1. The fourth-order valence-corrected chi connectivity index (χ4v) is 1.39. The van der Waals surface area contributed by atoms with Crippen molar-refractivity contribution in [3.63, 3.8) is 0 Å². The van der Waals surface area contributed by atoms with Crippen molar-refractivity contribution < 1.29 is 14.7 Å². The van der Waals surface area contributed by atoms with E-state index in [1.54, 1.807) is 30.2 Å². The predicted molar refractivity (Wildman–Crippen MR) is 71.0 cm³/mol. The van der Waals surface area contributed by atoms with Gasteiger partial charge in [0.2, 0.25) is 5.78 Å². The molecular formula is C13H17N3O3. The molecule has 0 saturated carbocycles. The number of amides is 1. The third-order valence-corrected chi connectivity index (χ3v) is 2.40. The Morgan fingerprint density at radius 1 is 1.42 bits per heavy atom. The molecule has 0 atom stereocenters. The maximum absolute atomic E-state index is 11.8. The minimum Gasteiger partial charge on any atom is -0.465 e. The number of carboxylic acid groups (broad SMARTS) is 1. The first-order chi connectivity index (χ1) is 8.90. The highest BCUT2D eigenvalue weighted by molar-refractivity contribution is 6.02. The van der Waals surface area contributed by atoms with Crippen molar-refractivity contribution >= 4 is 11.9 Å². The molecule has 6 nitrogen and oxygen atoms in total. The van der Waals surface area contributed by atoms with Gasteiger partial charge in [-0.1, -0.05) is 6.07 Å². The Balaban J connectivity index is 2.81. The van der Waals surface area contributed by atoms with Gasteiger partial charge in [0.1, 0.15) is 5.69 Å². The molecule has 1 rings (SSSR count). The lowest BCUT2D eigenvalue weighted by Crippen LogP contribution is -2.21. The second-order valence-electron chi connectivity index (χ2n) is 4.24. The Hall–Kier alpha value is -2.37. The highest BCUT2D eigenvalue weighted by Gasteiger charge is 2.07. The van der Waals surface area contributed by atoms with Gasteiger partial charge in [-0.25, -0.2) is 9.78 Å². The minimum atomic E-state index is -1.09. The number of aromatic nitrogens is 1. The van der Waals surface area contributed by atoms with Crippen molar-refractivity contribution in [3.05, 3.63) is 41.4 Å². The van der Waals surface area contributed by atoms with Crippen LogP contribution in [-0.4, -0.2) is 41.0 Å². The summed E-state index contributed by atoms with van der Waals surface area (Å²) in [5.74, 6) is -0.186. The van der Waals surface area contributed by atoms with Crippen LogP contribution in [0, 0.1) is 6.92 Å². The van der Waals surface area contributed by atoms with E-state index in [-0.39, 0.29) is 12.3 Å². The van der Waals surface area contributed by atoms with Crippen LogP contribution in [-0.2, 0) is 6.54 Å². The van der Waals surface area contributed by atoms with Gasteiger partial charge < -0.3 is 15.3 Å². The number of nitrogens with zero attached hydrogens (tertiary/aromatic N) is 2. The molecule has 2 N–H and O–H groups in total. The largest absolute Gasteiger partial charge is 0.465 e. The van der Waals surface area contributed by atoms with E-state index in [1.165, 1.54) is 6.08 Å². The van der Waals surface area contributed by atoms with Crippen molar-refractivity contribution in [2.45, 2.75) is 13.5 Å². The highest BCUT2D eigenvalue weighted by Crippen LogP contribution is 2.08. The first-order valence-electron chi connectivity index (χ1n) is 5.72. The van der Waals surface area contributed by atoms with E-state index < -0.39 is 6.09 Å². The molecule has 102 valence electrons. The molecule has 19 heavy (non-hydrogen) atoms. The van der Waals surface area contributed by atoms with Crippen LogP contribution in [0.2, 0.25) is 0 Å². The maximum atomic E-state index is 11.8. The normalized spacial score (nSPS) is 10.5. The second-order valence-corrected chi connectivity index (χ2v) is 4.24. The summed E-state index contributed by atoms with van der Waals surface area (Å²) < 4.78 is 0. The summed E-state index contributed by atoms with van der Waals surface area (Å²) in [6.45, 7) is 1.92. The topological polar surface area (TPSA) is 82.5 Å². The van der Waals surface area contributed by atoms with Crippen LogP contribution in [0.5, 0.6) is 0 Å². The number of nitrogens with one attached hydrogen (secondary N) is 1. The van der Waals surface area contributed by atoms with E-state index >= 15 is 0 Å². The fraction of sp³-hybridized carbons (Fsp3) is 0.308. The molecule has 0 aliphatic heterocycles. The Labute approximate surface area is 111 Å². The van der Waals surface area contributed by atoms with Crippen LogP contribution < -0.4 is 5.32 Å². The number of hydrogen-bond acceptors (Lipinski definition) is 4. The van der Waals surface area contributed by atoms with E-state index in [9.17, 15) is 9.59 Å². The van der Waals surface area contributed by atoms with Crippen LogP contribution in [0.15, 0.2) is 24.4 Å². The Kier molecular flexibility index (Phi) is 5.05. The number of carbonyl (C=O) groups excluding carboxylic acids is 1. The SMILES string of the molecule is Cc1nc(C(=O)C=CN(C)C)ccc1CNC(=O)O. The highest BCUT2D eigenvalue weighted by atomic mass is 16.4. The molecule has 1 aromatic rings. The van der Waals surface area contributed by atoms with Gasteiger partial charge in [0.15, 0.2) is 0 Å². The van der Waals surface area contributed by atoms with Crippen molar-refractivity contribution in [2.75, 3.05) is 14.1 Å². The third-order valence-electron chi connectivity index (χ3n) is 2.40. The lowest BCUT2D eigenvalue weighted by molar-refractivity contribution is 0.104. The van der Waals surface area contributed by atoms with E-state index in [4.69, 9.17) is 5.11 Å². The summed E-state index contributed by atoms with van der Waals surface area (Å²) in [5.41, 5.74) is 1.73. The van der Waals surface area contributed by atoms with Crippen LogP contribution in [0.1, 0.15) is 21.7 Å². The first-order valence-corrected chi connectivity index (χ1v) is 5.72. The summed E-state index contributed by atoms with van der Waals surface area (Å²) in [5, 5.41) is 10.8. The third kappa shape index (κ3) is 4.79. The zero-order valence-corrected chi connectivity index (χ0v) is 11.2. The molecule has 1 aromatic heterocycles. The number of aryl methyl sites for hydroxylation is 1. The molecule has 1 heterocycles. The van der Waals surface area contributed by atoms with Crippen molar-refractivity contribution in [1.82, 2.24) is 15.2 Å². The van der Waals surface area contributed by atoms with Gasteiger partial charge >= 0.3 is 6.09 Å². The van der Waals surface area contributed by atoms with Gasteiger partial charge in [-0.2, -0.15) is 0 Å². The number of carbonyl (C=O) groups is 2. The number of hydrogen-bond donors (Lipinski definition) is 2. The Bertz CT molecular complexity index is 510. The predicted octanol–water partition coefficient (Wildman–Crippen LogP) is 1.42. The average molecular weight is 263 g/mol. The summed E-state index contributed by atoms with van der Waals surface area (Å²) >= 11 is 0. The number of ketones is 1.